The quantitative estimate of drug-likeness (QED) is 0.501. The molecule has 3 rings (SSSR count). The van der Waals surface area contributed by atoms with Gasteiger partial charge in [-0.1, -0.05) is 23.5 Å². The fourth-order valence-corrected chi connectivity index (χ4v) is 3.62. The molecule has 2 N–H and O–H groups in total. The Morgan fingerprint density at radius 2 is 1.44 bits per heavy atom. The summed E-state index contributed by atoms with van der Waals surface area (Å²) in [5.74, 6) is -2.65. The molecule has 2 amide bonds. The van der Waals surface area contributed by atoms with Crippen molar-refractivity contribution < 1.29 is 31.5 Å². The molecule has 5 nitrogen and oxygen atoms in total. The van der Waals surface area contributed by atoms with Crippen molar-refractivity contribution in [3.63, 3.8) is 0 Å². The van der Waals surface area contributed by atoms with Gasteiger partial charge >= 0.3 is 6.18 Å². The van der Waals surface area contributed by atoms with Crippen molar-refractivity contribution in [1.29, 1.82) is 0 Å². The summed E-state index contributed by atoms with van der Waals surface area (Å²) in [5.41, 5.74) is -2.58. The van der Waals surface area contributed by atoms with E-state index in [-0.39, 0.29) is 21.1 Å². The molecule has 2 aromatic carbocycles. The molecule has 168 valence electrons. The van der Waals surface area contributed by atoms with Crippen LogP contribution in [0, 0.1) is 11.6 Å². The first-order valence-electron chi connectivity index (χ1n) is 9.10. The van der Waals surface area contributed by atoms with Crippen LogP contribution >= 0.6 is 11.3 Å². The number of nitrogens with one attached hydrogen (secondary N) is 2. The Hall–Kier alpha value is -3.34. The lowest BCUT2D eigenvalue weighted by atomic mass is 10.0. The number of carbonyl (C=O) groups is 2. The number of halogens is 5. The number of nitrogens with zero attached hydrogens (tertiary/aromatic N) is 1. The minimum Gasteiger partial charge on any atom is -0.338 e. The number of alkyl halides is 3. The first-order valence-corrected chi connectivity index (χ1v) is 9.92. The largest absolute Gasteiger partial charge is 0.434 e. The minimum absolute atomic E-state index is 0.0839. The average molecular weight is 469 g/mol. The van der Waals surface area contributed by atoms with Crippen LogP contribution in [-0.4, -0.2) is 22.3 Å². The Balaban J connectivity index is 1.82. The predicted octanol–water partition coefficient (Wildman–Crippen LogP) is 5.25. The molecule has 0 bridgehead atoms. The molecule has 11 heteroatoms. The van der Waals surface area contributed by atoms with Crippen LogP contribution in [0.4, 0.5) is 27.1 Å². The number of rotatable bonds is 5. The Kier molecular flexibility index (Phi) is 6.31. The molecule has 0 unspecified atom stereocenters. The summed E-state index contributed by atoms with van der Waals surface area (Å²) < 4.78 is 66.5. The van der Waals surface area contributed by atoms with Crippen molar-refractivity contribution in [2.24, 2.45) is 0 Å². The van der Waals surface area contributed by atoms with Crippen LogP contribution in [-0.2, 0) is 11.0 Å². The van der Waals surface area contributed by atoms with Gasteiger partial charge in [0.15, 0.2) is 10.8 Å². The van der Waals surface area contributed by atoms with E-state index >= 15 is 0 Å². The zero-order chi connectivity index (χ0) is 23.7. The molecular weight excluding hydrogens is 453 g/mol. The topological polar surface area (TPSA) is 71.1 Å². The number of aromatic nitrogens is 1. The van der Waals surface area contributed by atoms with Gasteiger partial charge in [0.1, 0.15) is 17.2 Å². The van der Waals surface area contributed by atoms with Gasteiger partial charge in [-0.15, -0.1) is 0 Å². The first kappa shape index (κ1) is 23.3. The number of hydrogen-bond donors (Lipinski definition) is 2. The maximum absolute atomic E-state index is 13.5. The van der Waals surface area contributed by atoms with Crippen molar-refractivity contribution in [1.82, 2.24) is 10.3 Å². The van der Waals surface area contributed by atoms with Crippen LogP contribution in [0.2, 0.25) is 0 Å². The molecule has 1 heterocycles. The summed E-state index contributed by atoms with van der Waals surface area (Å²) in [4.78, 5) is 28.2. The van der Waals surface area contributed by atoms with Gasteiger partial charge in [-0.3, -0.25) is 14.9 Å². The average Bonchev–Trinajstić information content (AvgIpc) is 3.13. The fraction of sp³-hybridized carbons (Fsp3) is 0.190. The molecule has 3 aromatic rings. The summed E-state index contributed by atoms with van der Waals surface area (Å²) in [6, 6.07) is 8.99. The lowest BCUT2D eigenvalue weighted by Gasteiger charge is -2.24. The van der Waals surface area contributed by atoms with E-state index < -0.39 is 40.9 Å². The van der Waals surface area contributed by atoms with E-state index in [9.17, 15) is 31.5 Å². The lowest BCUT2D eigenvalue weighted by molar-refractivity contribution is -0.140. The van der Waals surface area contributed by atoms with Gasteiger partial charge in [-0.25, -0.2) is 13.8 Å². The zero-order valence-corrected chi connectivity index (χ0v) is 17.5. The second-order valence-corrected chi connectivity index (χ2v) is 8.24. The third-order valence-electron chi connectivity index (χ3n) is 4.32. The van der Waals surface area contributed by atoms with Crippen LogP contribution in [0.25, 0.3) is 10.4 Å². The summed E-state index contributed by atoms with van der Waals surface area (Å²) >= 11 is 0.567. The third-order valence-corrected chi connectivity index (χ3v) is 5.34. The maximum Gasteiger partial charge on any atom is 0.434 e. The van der Waals surface area contributed by atoms with E-state index in [0.717, 1.165) is 24.3 Å². The molecule has 0 saturated carbocycles. The van der Waals surface area contributed by atoms with Crippen LogP contribution in [0.15, 0.2) is 48.5 Å². The van der Waals surface area contributed by atoms with Gasteiger partial charge in [0, 0.05) is 5.56 Å². The normalized spacial score (nSPS) is 11.8. The minimum atomic E-state index is -4.81. The highest BCUT2D eigenvalue weighted by Gasteiger charge is 2.39. The number of benzene rings is 2. The molecule has 0 aliphatic rings. The van der Waals surface area contributed by atoms with Crippen LogP contribution in [0.5, 0.6) is 0 Å². The summed E-state index contributed by atoms with van der Waals surface area (Å²) in [6.45, 7) is 2.70. The Morgan fingerprint density at radius 1 is 0.906 bits per heavy atom. The smallest absolute Gasteiger partial charge is 0.338 e. The maximum atomic E-state index is 13.5. The van der Waals surface area contributed by atoms with Crippen molar-refractivity contribution in [2.45, 2.75) is 25.6 Å². The zero-order valence-electron chi connectivity index (χ0n) is 16.7. The van der Waals surface area contributed by atoms with Gasteiger partial charge in [-0.2, -0.15) is 13.2 Å². The molecule has 0 radical (unpaired) electrons. The summed E-state index contributed by atoms with van der Waals surface area (Å²) in [7, 11) is 0. The van der Waals surface area contributed by atoms with Crippen molar-refractivity contribution >= 4 is 28.3 Å². The van der Waals surface area contributed by atoms with Gasteiger partial charge in [0.25, 0.3) is 11.8 Å². The van der Waals surface area contributed by atoms with E-state index in [1.54, 1.807) is 0 Å². The molecular formula is C21H16F5N3O2S. The standard InChI is InChI=1S/C21H16F5N3O2S/c1-20(2,29-17(30)12-5-9-14(23)10-6-12)18(31)28-19-27-16(21(24,25)26)15(32-19)11-3-7-13(22)8-4-11/h3-10H,1-2H3,(H,29,30)(H,27,28,31). The van der Waals surface area contributed by atoms with Crippen LogP contribution in [0.1, 0.15) is 29.9 Å². The number of thiazole rings is 1. The highest BCUT2D eigenvalue weighted by molar-refractivity contribution is 7.19. The van der Waals surface area contributed by atoms with E-state index in [1.165, 1.54) is 38.1 Å². The van der Waals surface area contributed by atoms with Gasteiger partial charge in [0.05, 0.1) is 4.88 Å². The number of carbonyl (C=O) groups excluding carboxylic acids is 2. The number of amides is 2. The van der Waals surface area contributed by atoms with E-state index in [1.807, 2.05) is 0 Å². The molecule has 1 aromatic heterocycles. The van der Waals surface area contributed by atoms with Crippen molar-refractivity contribution in [3.05, 3.63) is 71.4 Å². The predicted molar refractivity (Wildman–Crippen MR) is 109 cm³/mol. The second-order valence-electron chi connectivity index (χ2n) is 7.24. The highest BCUT2D eigenvalue weighted by Crippen LogP contribution is 2.42. The number of hydrogen-bond acceptors (Lipinski definition) is 4. The Labute approximate surface area is 183 Å². The van der Waals surface area contributed by atoms with E-state index in [4.69, 9.17) is 0 Å². The molecule has 0 aliphatic carbocycles. The Bertz CT molecular complexity index is 1140. The van der Waals surface area contributed by atoms with Crippen molar-refractivity contribution in [3.8, 4) is 10.4 Å². The van der Waals surface area contributed by atoms with Gasteiger partial charge in [0.2, 0.25) is 0 Å². The molecule has 0 atom stereocenters. The van der Waals surface area contributed by atoms with Gasteiger partial charge < -0.3 is 5.32 Å². The first-order chi connectivity index (χ1) is 14.9. The van der Waals surface area contributed by atoms with E-state index in [0.29, 0.717) is 11.3 Å². The molecule has 0 spiro atoms. The lowest BCUT2D eigenvalue weighted by Crippen LogP contribution is -2.52. The fourth-order valence-electron chi connectivity index (χ4n) is 2.63. The summed E-state index contributed by atoms with van der Waals surface area (Å²) in [6.07, 6.45) is -4.81. The van der Waals surface area contributed by atoms with E-state index in [2.05, 4.69) is 15.6 Å². The Morgan fingerprint density at radius 3 is 1.97 bits per heavy atom. The SMILES string of the molecule is CC(C)(NC(=O)c1ccc(F)cc1)C(=O)Nc1nc(C(F)(F)F)c(-c2ccc(F)cc2)s1. The molecule has 0 saturated heterocycles. The molecule has 0 aliphatic heterocycles. The summed E-state index contributed by atoms with van der Waals surface area (Å²) in [5, 5.41) is 4.38. The number of anilines is 1. The third kappa shape index (κ3) is 5.28. The molecule has 0 fully saturated rings. The monoisotopic (exact) mass is 469 g/mol. The van der Waals surface area contributed by atoms with Crippen LogP contribution in [0.3, 0.4) is 0 Å². The van der Waals surface area contributed by atoms with Crippen molar-refractivity contribution in [2.75, 3.05) is 5.32 Å². The molecule has 32 heavy (non-hydrogen) atoms. The van der Waals surface area contributed by atoms with Gasteiger partial charge in [-0.05, 0) is 55.8 Å². The highest BCUT2D eigenvalue weighted by atomic mass is 32.1. The second kappa shape index (κ2) is 8.65. The van der Waals surface area contributed by atoms with Crippen LogP contribution < -0.4 is 10.6 Å².